The van der Waals surface area contributed by atoms with Gasteiger partial charge in [-0.2, -0.15) is 0 Å². The van der Waals surface area contributed by atoms with Crippen LogP contribution < -0.4 is 5.32 Å². The van der Waals surface area contributed by atoms with Crippen LogP contribution in [-0.2, 0) is 0 Å². The fourth-order valence-corrected chi connectivity index (χ4v) is 1.71. The lowest BCUT2D eigenvalue weighted by Gasteiger charge is -2.10. The van der Waals surface area contributed by atoms with E-state index in [1.807, 2.05) is 24.3 Å². The van der Waals surface area contributed by atoms with Crippen LogP contribution in [0, 0.1) is 11.2 Å². The highest BCUT2D eigenvalue weighted by molar-refractivity contribution is 6.14. The van der Waals surface area contributed by atoms with Gasteiger partial charge in [0.25, 0.3) is 0 Å². The summed E-state index contributed by atoms with van der Waals surface area (Å²) in [5.74, 6) is -0.302. The van der Waals surface area contributed by atoms with Crippen molar-refractivity contribution in [1.29, 1.82) is 5.41 Å². The summed E-state index contributed by atoms with van der Waals surface area (Å²) in [6, 6.07) is 13.4. The van der Waals surface area contributed by atoms with Crippen molar-refractivity contribution in [1.82, 2.24) is 0 Å². The Bertz CT molecular complexity index is 573. The molecule has 0 radical (unpaired) electrons. The maximum Gasteiger partial charge on any atom is 0.123 e. The van der Waals surface area contributed by atoms with Gasteiger partial charge in [0.1, 0.15) is 5.82 Å². The molecule has 0 saturated carbocycles. The first-order valence-electron chi connectivity index (χ1n) is 5.53. The lowest BCUT2D eigenvalue weighted by Crippen LogP contribution is -2.05. The number of hydrogen-bond donors (Lipinski definition) is 2. The first-order valence-corrected chi connectivity index (χ1v) is 5.53. The van der Waals surface area contributed by atoms with E-state index in [0.29, 0.717) is 11.3 Å². The van der Waals surface area contributed by atoms with Gasteiger partial charge >= 0.3 is 0 Å². The molecule has 0 amide bonds. The summed E-state index contributed by atoms with van der Waals surface area (Å²) >= 11 is 0. The maximum absolute atomic E-state index is 12.9. The summed E-state index contributed by atoms with van der Waals surface area (Å²) < 4.78 is 12.9. The Labute approximate surface area is 105 Å². The monoisotopic (exact) mass is 240 g/mol. The number of benzene rings is 2. The van der Waals surface area contributed by atoms with Crippen molar-refractivity contribution in [3.63, 3.8) is 0 Å². The van der Waals surface area contributed by atoms with Crippen molar-refractivity contribution in [3.05, 3.63) is 78.3 Å². The van der Waals surface area contributed by atoms with Gasteiger partial charge in [0.2, 0.25) is 0 Å². The molecule has 3 heteroatoms. The molecule has 0 bridgehead atoms. The van der Waals surface area contributed by atoms with Crippen molar-refractivity contribution < 1.29 is 4.39 Å². The Morgan fingerprint density at radius 1 is 1.11 bits per heavy atom. The first kappa shape index (κ1) is 12.0. The molecule has 2 aromatic rings. The number of halogens is 1. The summed E-state index contributed by atoms with van der Waals surface area (Å²) in [6.07, 6.45) is 1.57. The Hall–Kier alpha value is -2.42. The fourth-order valence-electron chi connectivity index (χ4n) is 1.71. The molecule has 0 aliphatic carbocycles. The largest absolute Gasteiger partial charge is 0.362 e. The van der Waals surface area contributed by atoms with Crippen LogP contribution in [0.1, 0.15) is 11.1 Å². The molecule has 0 fully saturated rings. The average Bonchev–Trinajstić information content (AvgIpc) is 2.40. The third-order valence-corrected chi connectivity index (χ3v) is 2.59. The van der Waals surface area contributed by atoms with Gasteiger partial charge in [0.05, 0.1) is 5.71 Å². The smallest absolute Gasteiger partial charge is 0.123 e. The zero-order valence-electron chi connectivity index (χ0n) is 9.78. The van der Waals surface area contributed by atoms with Crippen LogP contribution in [-0.4, -0.2) is 5.71 Å². The van der Waals surface area contributed by atoms with E-state index in [-0.39, 0.29) is 5.82 Å². The summed E-state index contributed by atoms with van der Waals surface area (Å²) in [4.78, 5) is 0. The van der Waals surface area contributed by atoms with E-state index < -0.39 is 0 Å². The molecule has 18 heavy (non-hydrogen) atoms. The van der Waals surface area contributed by atoms with Gasteiger partial charge in [-0.25, -0.2) is 4.39 Å². The van der Waals surface area contributed by atoms with Gasteiger partial charge in [0.15, 0.2) is 0 Å². The molecule has 0 spiro atoms. The van der Waals surface area contributed by atoms with Crippen molar-refractivity contribution >= 4 is 11.4 Å². The molecular weight excluding hydrogens is 227 g/mol. The van der Waals surface area contributed by atoms with Crippen LogP contribution in [0.15, 0.2) is 61.3 Å². The average molecular weight is 240 g/mol. The van der Waals surface area contributed by atoms with Crippen LogP contribution in [0.2, 0.25) is 0 Å². The number of hydrogen-bond acceptors (Lipinski definition) is 2. The zero-order chi connectivity index (χ0) is 13.0. The normalized spacial score (nSPS) is 9.83. The summed E-state index contributed by atoms with van der Waals surface area (Å²) in [6.45, 7) is 3.61. The van der Waals surface area contributed by atoms with Gasteiger partial charge in [-0.15, -0.1) is 0 Å². The number of anilines is 1. The van der Waals surface area contributed by atoms with Crippen LogP contribution in [0.4, 0.5) is 10.1 Å². The fraction of sp³-hybridized carbons (Fsp3) is 0. The maximum atomic E-state index is 12.9. The van der Waals surface area contributed by atoms with Gasteiger partial charge in [-0.1, -0.05) is 24.8 Å². The van der Waals surface area contributed by atoms with E-state index in [1.54, 1.807) is 18.3 Å². The predicted octanol–water partition coefficient (Wildman–Crippen LogP) is 3.80. The second-order valence-corrected chi connectivity index (χ2v) is 3.78. The molecule has 0 aromatic heterocycles. The van der Waals surface area contributed by atoms with Crippen LogP contribution >= 0.6 is 0 Å². The zero-order valence-corrected chi connectivity index (χ0v) is 9.78. The molecule has 0 saturated heterocycles. The second-order valence-electron chi connectivity index (χ2n) is 3.78. The quantitative estimate of drug-likeness (QED) is 0.783. The molecule has 2 rings (SSSR count). The highest BCUT2D eigenvalue weighted by atomic mass is 19.1. The molecular formula is C15H13FN2. The van der Waals surface area contributed by atoms with Gasteiger partial charge in [0, 0.05) is 16.8 Å². The van der Waals surface area contributed by atoms with E-state index in [1.165, 1.54) is 12.1 Å². The van der Waals surface area contributed by atoms with E-state index >= 15 is 0 Å². The van der Waals surface area contributed by atoms with Crippen LogP contribution in [0.25, 0.3) is 0 Å². The topological polar surface area (TPSA) is 35.9 Å². The standard InChI is InChI=1S/C15H13FN2/c1-2-18-14-6-4-3-5-13(14)15(17)11-7-9-12(16)10-8-11/h2-10,17-18H,1H2. The third kappa shape index (κ3) is 2.46. The Morgan fingerprint density at radius 2 is 1.78 bits per heavy atom. The second kappa shape index (κ2) is 5.27. The molecule has 2 N–H and O–H groups in total. The minimum atomic E-state index is -0.302. The Balaban J connectivity index is 2.39. The van der Waals surface area contributed by atoms with Crippen molar-refractivity contribution in [3.8, 4) is 0 Å². The lowest BCUT2D eigenvalue weighted by atomic mass is 10.0. The Morgan fingerprint density at radius 3 is 2.44 bits per heavy atom. The molecule has 0 heterocycles. The highest BCUT2D eigenvalue weighted by Crippen LogP contribution is 2.19. The number of para-hydroxylation sites is 1. The molecule has 0 unspecified atom stereocenters. The third-order valence-electron chi connectivity index (χ3n) is 2.59. The van der Waals surface area contributed by atoms with Crippen molar-refractivity contribution in [2.24, 2.45) is 0 Å². The van der Waals surface area contributed by atoms with E-state index in [0.717, 1.165) is 11.3 Å². The summed E-state index contributed by atoms with van der Waals surface area (Å²) in [7, 11) is 0. The minimum Gasteiger partial charge on any atom is -0.362 e. The van der Waals surface area contributed by atoms with Gasteiger partial charge < -0.3 is 5.32 Å². The van der Waals surface area contributed by atoms with E-state index in [4.69, 9.17) is 5.41 Å². The van der Waals surface area contributed by atoms with Crippen LogP contribution in [0.5, 0.6) is 0 Å². The van der Waals surface area contributed by atoms with Gasteiger partial charge in [-0.3, -0.25) is 5.41 Å². The molecule has 0 atom stereocenters. The molecule has 2 nitrogen and oxygen atoms in total. The molecule has 2 aromatic carbocycles. The molecule has 90 valence electrons. The van der Waals surface area contributed by atoms with Crippen LogP contribution in [0.3, 0.4) is 0 Å². The first-order chi connectivity index (χ1) is 8.72. The summed E-state index contributed by atoms with van der Waals surface area (Å²) in [5, 5.41) is 11.2. The minimum absolute atomic E-state index is 0.302. The highest BCUT2D eigenvalue weighted by Gasteiger charge is 2.08. The summed E-state index contributed by atoms with van der Waals surface area (Å²) in [5.41, 5.74) is 2.58. The molecule has 0 aliphatic heterocycles. The van der Waals surface area contributed by atoms with Crippen molar-refractivity contribution in [2.75, 3.05) is 5.32 Å². The van der Waals surface area contributed by atoms with E-state index in [2.05, 4.69) is 11.9 Å². The lowest BCUT2D eigenvalue weighted by molar-refractivity contribution is 0.628. The predicted molar refractivity (Wildman–Crippen MR) is 72.6 cm³/mol. The molecule has 0 aliphatic rings. The number of rotatable bonds is 4. The Kier molecular flexibility index (Phi) is 3.53. The van der Waals surface area contributed by atoms with Gasteiger partial charge in [-0.05, 0) is 36.5 Å². The van der Waals surface area contributed by atoms with Crippen molar-refractivity contribution in [2.45, 2.75) is 0 Å². The number of nitrogens with one attached hydrogen (secondary N) is 2. The SMILES string of the molecule is C=CNc1ccccc1C(=N)c1ccc(F)cc1. The van der Waals surface area contributed by atoms with E-state index in [9.17, 15) is 4.39 Å².